The van der Waals surface area contributed by atoms with Crippen LogP contribution in [-0.4, -0.2) is 59.4 Å². The van der Waals surface area contributed by atoms with Crippen molar-refractivity contribution in [2.24, 2.45) is 4.99 Å². The van der Waals surface area contributed by atoms with E-state index in [1.165, 1.54) is 0 Å². The van der Waals surface area contributed by atoms with Crippen LogP contribution in [0, 0.1) is 11.3 Å². The molecule has 2 aromatic carbocycles. The molecule has 1 N–H and O–H groups in total. The van der Waals surface area contributed by atoms with Gasteiger partial charge in [-0.2, -0.15) is 5.26 Å². The van der Waals surface area contributed by atoms with Crippen molar-refractivity contribution in [3.05, 3.63) is 88.0 Å². The second-order valence-corrected chi connectivity index (χ2v) is 10.1. The first kappa shape index (κ1) is 25.6. The van der Waals surface area contributed by atoms with Gasteiger partial charge in [0.25, 0.3) is 0 Å². The highest BCUT2D eigenvalue weighted by molar-refractivity contribution is 6.30. The molecule has 194 valence electrons. The van der Waals surface area contributed by atoms with Crippen molar-refractivity contribution in [2.75, 3.05) is 19.6 Å². The largest absolute Gasteiger partial charge is 0.490 e. The molecule has 1 saturated heterocycles. The molecule has 0 radical (unpaired) electrons. The van der Waals surface area contributed by atoms with E-state index in [-0.39, 0.29) is 24.6 Å². The maximum Gasteiger partial charge on any atom is 0.326 e. The van der Waals surface area contributed by atoms with Crippen LogP contribution in [0.25, 0.3) is 0 Å². The van der Waals surface area contributed by atoms with E-state index in [0.717, 1.165) is 17.6 Å². The van der Waals surface area contributed by atoms with Gasteiger partial charge in [0.2, 0.25) is 5.91 Å². The Morgan fingerprint density at radius 2 is 2.03 bits per heavy atom. The summed E-state index contributed by atoms with van der Waals surface area (Å²) in [5.74, 6) is 0.709. The molecular weight excluding hydrogens is 502 g/mol. The van der Waals surface area contributed by atoms with Crippen LogP contribution in [0.4, 0.5) is 4.79 Å². The summed E-state index contributed by atoms with van der Waals surface area (Å²) in [6, 6.07) is 13.6. The number of amidine groups is 1. The molecule has 3 amide bonds. The number of halogens is 1. The van der Waals surface area contributed by atoms with Gasteiger partial charge in [0.15, 0.2) is 0 Å². The fraction of sp³-hybridized carbons (Fsp3) is 0.310. The zero-order valence-corrected chi connectivity index (χ0v) is 22.0. The Balaban J connectivity index is 1.68. The number of benzene rings is 2. The first-order valence-corrected chi connectivity index (χ1v) is 13.0. The molecule has 0 spiro atoms. The average Bonchev–Trinajstić information content (AvgIpc) is 3.56. The van der Waals surface area contributed by atoms with Gasteiger partial charge in [-0.1, -0.05) is 42.0 Å². The van der Waals surface area contributed by atoms with Gasteiger partial charge in [0.1, 0.15) is 24.2 Å². The second-order valence-electron chi connectivity index (χ2n) is 9.65. The number of urea groups is 1. The third-order valence-corrected chi connectivity index (χ3v) is 6.90. The summed E-state index contributed by atoms with van der Waals surface area (Å²) in [6.45, 7) is 4.56. The minimum absolute atomic E-state index is 0.0292. The lowest BCUT2D eigenvalue weighted by molar-refractivity contribution is -0.123. The Labute approximate surface area is 226 Å². The predicted octanol–water partition coefficient (Wildman–Crippen LogP) is 4.61. The lowest BCUT2D eigenvalue weighted by Crippen LogP contribution is -2.56. The summed E-state index contributed by atoms with van der Waals surface area (Å²) in [5, 5.41) is 12.9. The number of amides is 3. The maximum atomic E-state index is 14.2. The van der Waals surface area contributed by atoms with Crippen LogP contribution in [0.3, 0.4) is 0 Å². The van der Waals surface area contributed by atoms with Crippen molar-refractivity contribution in [1.82, 2.24) is 15.1 Å². The summed E-state index contributed by atoms with van der Waals surface area (Å²) in [6.07, 6.45) is 6.78. The summed E-state index contributed by atoms with van der Waals surface area (Å²) in [5.41, 5.74) is 2.93. The third-order valence-electron chi connectivity index (χ3n) is 6.65. The molecule has 2 aliphatic heterocycles. The van der Waals surface area contributed by atoms with Gasteiger partial charge in [0.05, 0.1) is 29.3 Å². The Kier molecular flexibility index (Phi) is 7.21. The molecule has 0 aromatic heterocycles. The molecule has 0 bridgehead atoms. The smallest absolute Gasteiger partial charge is 0.326 e. The summed E-state index contributed by atoms with van der Waals surface area (Å²) in [4.78, 5) is 34.8. The number of nitriles is 1. The van der Waals surface area contributed by atoms with E-state index in [1.54, 1.807) is 28.0 Å². The van der Waals surface area contributed by atoms with Crippen LogP contribution in [0.1, 0.15) is 43.0 Å². The van der Waals surface area contributed by atoms with Gasteiger partial charge in [-0.05, 0) is 61.7 Å². The molecule has 9 heteroatoms. The zero-order valence-electron chi connectivity index (χ0n) is 21.2. The maximum absolute atomic E-state index is 14.2. The van der Waals surface area contributed by atoms with Gasteiger partial charge in [-0.3, -0.25) is 14.7 Å². The van der Waals surface area contributed by atoms with Gasteiger partial charge in [0, 0.05) is 18.1 Å². The molecule has 0 saturated carbocycles. The molecule has 38 heavy (non-hydrogen) atoms. The summed E-state index contributed by atoms with van der Waals surface area (Å²) < 4.78 is 6.11. The molecule has 0 unspecified atom stereocenters. The summed E-state index contributed by atoms with van der Waals surface area (Å²) in [7, 11) is 0. The Morgan fingerprint density at radius 1 is 1.24 bits per heavy atom. The molecule has 2 aromatic rings. The van der Waals surface area contributed by atoms with Gasteiger partial charge in [-0.15, -0.1) is 0 Å². The molecule has 8 nitrogen and oxygen atoms in total. The lowest BCUT2D eigenvalue weighted by atomic mass is 9.94. The SMILES string of the molecule is CC(C)Oc1cc(C#N)ccc1C1=N[C@@H](c2ccc(Cl)cc2)[C@@H](C2=CCC=C2)N1C(=O)N1CCNC(=O)C1. The van der Waals surface area contributed by atoms with Crippen molar-refractivity contribution in [2.45, 2.75) is 38.5 Å². The number of aliphatic imine (C=N–C) groups is 1. The number of piperazine rings is 1. The van der Waals surface area contributed by atoms with Crippen molar-refractivity contribution in [3.8, 4) is 11.8 Å². The molecule has 1 fully saturated rings. The van der Waals surface area contributed by atoms with E-state index in [9.17, 15) is 14.9 Å². The lowest BCUT2D eigenvalue weighted by Gasteiger charge is -2.36. The number of nitrogens with zero attached hydrogens (tertiary/aromatic N) is 4. The van der Waals surface area contributed by atoms with E-state index in [1.807, 2.05) is 44.2 Å². The monoisotopic (exact) mass is 529 g/mol. The molecule has 3 aliphatic rings. The Bertz CT molecular complexity index is 1390. The quantitative estimate of drug-likeness (QED) is 0.611. The normalized spacial score (nSPS) is 20.8. The van der Waals surface area contributed by atoms with Crippen LogP contribution >= 0.6 is 11.6 Å². The highest BCUT2D eigenvalue weighted by atomic mass is 35.5. The fourth-order valence-corrected chi connectivity index (χ4v) is 5.10. The Hall–Kier alpha value is -4.09. The van der Waals surface area contributed by atoms with E-state index >= 15 is 0 Å². The van der Waals surface area contributed by atoms with Crippen LogP contribution < -0.4 is 10.1 Å². The molecule has 2 heterocycles. The van der Waals surface area contributed by atoms with Crippen LogP contribution in [0.15, 0.2) is 71.3 Å². The highest BCUT2D eigenvalue weighted by Gasteiger charge is 2.45. The molecular formula is C29H28ClN5O3. The fourth-order valence-electron chi connectivity index (χ4n) is 4.97. The topological polar surface area (TPSA) is 98.0 Å². The minimum atomic E-state index is -0.440. The van der Waals surface area contributed by atoms with Gasteiger partial charge >= 0.3 is 6.03 Å². The molecule has 1 aliphatic carbocycles. The van der Waals surface area contributed by atoms with Gasteiger partial charge < -0.3 is 15.0 Å². The first-order valence-electron chi connectivity index (χ1n) is 12.6. The van der Waals surface area contributed by atoms with Crippen molar-refractivity contribution in [3.63, 3.8) is 0 Å². The number of carbonyl (C=O) groups excluding carboxylic acids is 2. The van der Waals surface area contributed by atoms with Crippen LogP contribution in [0.2, 0.25) is 5.02 Å². The van der Waals surface area contributed by atoms with Crippen molar-refractivity contribution in [1.29, 1.82) is 5.26 Å². The number of hydrogen-bond acceptors (Lipinski definition) is 5. The standard InChI is InChI=1S/C29H28ClN5O3/c1-18(2)38-24-15-19(16-31)7-12-23(24)28-33-26(20-8-10-22(30)11-9-20)27(21-5-3-4-6-21)35(28)29(37)34-14-13-32-25(36)17-34/h3,5-12,15,18,26-27H,4,13-14,17H2,1-2H3,(H,32,36)/t26-,27+/m0/s1. The number of nitrogens with one attached hydrogen (secondary N) is 1. The number of carbonyl (C=O) groups is 2. The number of ether oxygens (including phenoxy) is 1. The third kappa shape index (κ3) is 5.02. The molecule has 2 atom stereocenters. The van der Waals surface area contributed by atoms with E-state index in [2.05, 4.69) is 23.5 Å². The van der Waals surface area contributed by atoms with Crippen LogP contribution in [-0.2, 0) is 4.79 Å². The minimum Gasteiger partial charge on any atom is -0.490 e. The number of allylic oxidation sites excluding steroid dienone is 2. The van der Waals surface area contributed by atoms with E-state index in [0.29, 0.717) is 40.8 Å². The van der Waals surface area contributed by atoms with Crippen LogP contribution in [0.5, 0.6) is 5.75 Å². The number of hydrogen-bond donors (Lipinski definition) is 1. The first-order chi connectivity index (χ1) is 18.4. The van der Waals surface area contributed by atoms with Crippen molar-refractivity contribution >= 4 is 29.4 Å². The van der Waals surface area contributed by atoms with E-state index < -0.39 is 12.1 Å². The number of rotatable bonds is 5. The zero-order chi connectivity index (χ0) is 26.8. The summed E-state index contributed by atoms with van der Waals surface area (Å²) >= 11 is 6.19. The molecule has 5 rings (SSSR count). The highest BCUT2D eigenvalue weighted by Crippen LogP contribution is 2.41. The predicted molar refractivity (Wildman–Crippen MR) is 145 cm³/mol. The second kappa shape index (κ2) is 10.7. The average molecular weight is 530 g/mol. The van der Waals surface area contributed by atoms with Gasteiger partial charge in [-0.25, -0.2) is 4.79 Å². The van der Waals surface area contributed by atoms with E-state index in [4.69, 9.17) is 21.3 Å². The Morgan fingerprint density at radius 3 is 2.68 bits per heavy atom. The van der Waals surface area contributed by atoms with Crippen molar-refractivity contribution < 1.29 is 14.3 Å².